The van der Waals surface area contributed by atoms with E-state index in [4.69, 9.17) is 5.11 Å². The minimum atomic E-state index is -1.18. The van der Waals surface area contributed by atoms with E-state index in [1.165, 1.54) is 5.32 Å². The van der Waals surface area contributed by atoms with Gasteiger partial charge in [0.05, 0.1) is 11.1 Å². The van der Waals surface area contributed by atoms with Gasteiger partial charge in [-0.2, -0.15) is 0 Å². The Morgan fingerprint density at radius 2 is 2.31 bits per heavy atom. The Morgan fingerprint density at radius 1 is 1.62 bits per heavy atom. The minimum Gasteiger partial charge on any atom is -0.465 e. The van der Waals surface area contributed by atoms with Crippen LogP contribution in [0, 0.1) is 5.92 Å². The summed E-state index contributed by atoms with van der Waals surface area (Å²) >= 11 is 0. The van der Waals surface area contributed by atoms with Crippen molar-refractivity contribution in [1.29, 1.82) is 0 Å². The molecule has 86 valence electrons. The Bertz CT molecular complexity index is 425. The van der Waals surface area contributed by atoms with Gasteiger partial charge in [-0.1, -0.05) is 13.0 Å². The van der Waals surface area contributed by atoms with E-state index < -0.39 is 12.3 Å². The van der Waals surface area contributed by atoms with Crippen molar-refractivity contribution in [3.8, 4) is 0 Å². The second kappa shape index (κ2) is 3.73. The molecule has 6 nitrogen and oxygen atoms in total. The maximum Gasteiger partial charge on any atom is 0.408 e. The lowest BCUT2D eigenvalue weighted by atomic mass is 9.89. The molecule has 1 fully saturated rings. The van der Waals surface area contributed by atoms with Crippen LogP contribution in [0.25, 0.3) is 0 Å². The van der Waals surface area contributed by atoms with Gasteiger partial charge in [0, 0.05) is 11.6 Å². The van der Waals surface area contributed by atoms with E-state index in [9.17, 15) is 14.7 Å². The molecule has 16 heavy (non-hydrogen) atoms. The molecule has 1 saturated heterocycles. The SMILES string of the molecule is CC1CC=C2C(=O)[NH2+]C(O)C2=C1NC(=O)O. The van der Waals surface area contributed by atoms with Crippen LogP contribution in [-0.4, -0.2) is 28.4 Å². The summed E-state index contributed by atoms with van der Waals surface area (Å²) in [6, 6.07) is 0. The number of carboxylic acid groups (broad SMARTS) is 1. The van der Waals surface area contributed by atoms with Crippen molar-refractivity contribution in [2.45, 2.75) is 19.6 Å². The van der Waals surface area contributed by atoms with Crippen molar-refractivity contribution in [3.05, 3.63) is 22.9 Å². The fourth-order valence-corrected chi connectivity index (χ4v) is 2.11. The Labute approximate surface area is 91.6 Å². The number of aliphatic hydroxyl groups excluding tert-OH is 1. The molecule has 1 heterocycles. The summed E-state index contributed by atoms with van der Waals surface area (Å²) in [6.07, 6.45) is 0.175. The number of carbonyl (C=O) groups excluding carboxylic acids is 1. The van der Waals surface area contributed by atoms with E-state index in [1.807, 2.05) is 6.92 Å². The van der Waals surface area contributed by atoms with E-state index in [0.29, 0.717) is 23.3 Å². The molecular weight excluding hydrogens is 212 g/mol. The average Bonchev–Trinajstić information content (AvgIpc) is 2.46. The predicted molar refractivity (Wildman–Crippen MR) is 53.0 cm³/mol. The number of allylic oxidation sites excluding steroid dienone is 2. The summed E-state index contributed by atoms with van der Waals surface area (Å²) in [7, 11) is 0. The number of amides is 2. The number of nitrogens with two attached hydrogens (primary N) is 1. The van der Waals surface area contributed by atoms with Crippen LogP contribution in [0.2, 0.25) is 0 Å². The Hall–Kier alpha value is -1.66. The zero-order chi connectivity index (χ0) is 11.9. The second-order valence-electron chi connectivity index (χ2n) is 3.99. The molecule has 0 saturated carbocycles. The van der Waals surface area contributed by atoms with Gasteiger partial charge in [0.2, 0.25) is 6.23 Å². The number of hydrogen-bond acceptors (Lipinski definition) is 3. The second-order valence-corrected chi connectivity index (χ2v) is 3.99. The van der Waals surface area contributed by atoms with E-state index in [-0.39, 0.29) is 11.8 Å². The highest BCUT2D eigenvalue weighted by Crippen LogP contribution is 2.30. The van der Waals surface area contributed by atoms with Crippen molar-refractivity contribution >= 4 is 12.0 Å². The summed E-state index contributed by atoms with van der Waals surface area (Å²) in [6.45, 7) is 1.85. The van der Waals surface area contributed by atoms with Crippen LogP contribution in [0.5, 0.6) is 0 Å². The Morgan fingerprint density at radius 3 is 2.94 bits per heavy atom. The molecule has 1 aliphatic heterocycles. The molecule has 5 N–H and O–H groups in total. The smallest absolute Gasteiger partial charge is 0.408 e. The van der Waals surface area contributed by atoms with Gasteiger partial charge in [-0.05, 0) is 6.42 Å². The van der Waals surface area contributed by atoms with Crippen LogP contribution < -0.4 is 10.6 Å². The third-order valence-corrected chi connectivity index (χ3v) is 2.86. The third kappa shape index (κ3) is 1.62. The molecule has 0 aromatic rings. The van der Waals surface area contributed by atoms with Gasteiger partial charge < -0.3 is 10.2 Å². The van der Waals surface area contributed by atoms with Crippen molar-refractivity contribution in [2.24, 2.45) is 5.92 Å². The lowest BCUT2D eigenvalue weighted by molar-refractivity contribution is -0.623. The third-order valence-electron chi connectivity index (χ3n) is 2.86. The molecule has 2 amide bonds. The highest BCUT2D eigenvalue weighted by molar-refractivity contribution is 5.94. The Balaban J connectivity index is 2.46. The largest absolute Gasteiger partial charge is 0.465 e. The standard InChI is InChI=1S/C10H12N2O4/c1-4-2-3-5-6(7(4)11-10(15)16)9(14)12-8(5)13/h3-4,9,11,14H,2H2,1H3,(H,12,13)(H,15,16)/p+1. The number of aliphatic hydroxyl groups is 1. The van der Waals surface area contributed by atoms with Gasteiger partial charge in [0.1, 0.15) is 0 Å². The maximum absolute atomic E-state index is 11.5. The number of carbonyl (C=O) groups is 2. The molecule has 2 aliphatic rings. The lowest BCUT2D eigenvalue weighted by Crippen LogP contribution is -2.90. The number of fused-ring (bicyclic) bond motifs is 1. The van der Waals surface area contributed by atoms with E-state index >= 15 is 0 Å². The fraction of sp³-hybridized carbons (Fsp3) is 0.400. The van der Waals surface area contributed by atoms with Crippen molar-refractivity contribution in [1.82, 2.24) is 5.32 Å². The van der Waals surface area contributed by atoms with Crippen LogP contribution in [0.3, 0.4) is 0 Å². The van der Waals surface area contributed by atoms with Gasteiger partial charge in [0.25, 0.3) is 0 Å². The molecule has 0 bridgehead atoms. The Kier molecular flexibility index (Phi) is 2.53. The first-order chi connectivity index (χ1) is 7.50. The number of hydrogen-bond donors (Lipinski definition) is 4. The van der Waals surface area contributed by atoms with Gasteiger partial charge >= 0.3 is 12.0 Å². The van der Waals surface area contributed by atoms with Crippen molar-refractivity contribution in [2.75, 3.05) is 0 Å². The van der Waals surface area contributed by atoms with Crippen molar-refractivity contribution in [3.63, 3.8) is 0 Å². The lowest BCUT2D eigenvalue weighted by Gasteiger charge is -2.21. The maximum atomic E-state index is 11.5. The predicted octanol–water partition coefficient (Wildman–Crippen LogP) is -1.10. The highest BCUT2D eigenvalue weighted by Gasteiger charge is 2.41. The van der Waals surface area contributed by atoms with E-state index in [1.54, 1.807) is 6.08 Å². The number of nitrogens with one attached hydrogen (secondary N) is 1. The molecule has 6 heteroatoms. The molecule has 2 unspecified atom stereocenters. The summed E-state index contributed by atoms with van der Waals surface area (Å²) in [5, 5.41) is 21.9. The number of rotatable bonds is 1. The number of quaternary nitrogens is 1. The first kappa shape index (κ1) is 10.8. The molecule has 0 aromatic heterocycles. The van der Waals surface area contributed by atoms with Gasteiger partial charge in [-0.15, -0.1) is 0 Å². The minimum absolute atomic E-state index is 0.0381. The quantitative estimate of drug-likeness (QED) is 0.454. The first-order valence-electron chi connectivity index (χ1n) is 5.02. The summed E-state index contributed by atoms with van der Waals surface area (Å²) in [4.78, 5) is 22.1. The zero-order valence-electron chi connectivity index (χ0n) is 8.73. The zero-order valence-corrected chi connectivity index (χ0v) is 8.73. The van der Waals surface area contributed by atoms with Crippen LogP contribution in [0.15, 0.2) is 22.9 Å². The van der Waals surface area contributed by atoms with E-state index in [2.05, 4.69) is 5.32 Å². The van der Waals surface area contributed by atoms with Gasteiger partial charge in [0.15, 0.2) is 0 Å². The molecule has 0 aromatic carbocycles. The van der Waals surface area contributed by atoms with E-state index in [0.717, 1.165) is 0 Å². The summed E-state index contributed by atoms with van der Waals surface area (Å²) in [5.41, 5.74) is 1.26. The monoisotopic (exact) mass is 225 g/mol. The van der Waals surface area contributed by atoms with Crippen LogP contribution in [0.4, 0.5) is 4.79 Å². The topological polar surface area (TPSA) is 103 Å². The molecule has 2 rings (SSSR count). The molecule has 0 radical (unpaired) electrons. The summed E-state index contributed by atoms with van der Waals surface area (Å²) in [5.74, 6) is -0.275. The van der Waals surface area contributed by atoms with Crippen LogP contribution >= 0.6 is 0 Å². The number of primary amides is 1. The van der Waals surface area contributed by atoms with Crippen LogP contribution in [0.1, 0.15) is 13.3 Å². The molecule has 2 atom stereocenters. The van der Waals surface area contributed by atoms with Crippen LogP contribution in [-0.2, 0) is 4.79 Å². The van der Waals surface area contributed by atoms with Gasteiger partial charge in [-0.25, -0.2) is 14.9 Å². The molecule has 1 aliphatic carbocycles. The molecule has 0 spiro atoms. The van der Waals surface area contributed by atoms with Crippen molar-refractivity contribution < 1.29 is 25.1 Å². The highest BCUT2D eigenvalue weighted by atomic mass is 16.4. The van der Waals surface area contributed by atoms with Gasteiger partial charge in [-0.3, -0.25) is 5.32 Å². The normalized spacial score (nSPS) is 28.9. The fourth-order valence-electron chi connectivity index (χ4n) is 2.11. The summed E-state index contributed by atoms with van der Waals surface area (Å²) < 4.78 is 0. The first-order valence-corrected chi connectivity index (χ1v) is 5.02. The molecular formula is C10H13N2O4+. The average molecular weight is 225 g/mol.